The van der Waals surface area contributed by atoms with Crippen LogP contribution in [0.25, 0.3) is 6.08 Å². The molecule has 0 amide bonds. The normalized spacial score (nSPS) is 12.8. The molecular weight excluding hydrogens is 290 g/mol. The van der Waals surface area contributed by atoms with Crippen molar-refractivity contribution in [1.82, 2.24) is 0 Å². The van der Waals surface area contributed by atoms with E-state index in [-0.39, 0.29) is 12.6 Å². The third kappa shape index (κ3) is 2.71. The number of anilines is 1. The van der Waals surface area contributed by atoms with Crippen LogP contribution in [0.1, 0.15) is 15.9 Å². The molecule has 2 N–H and O–H groups in total. The number of fused-ring (bicyclic) bond motifs is 1. The molecule has 106 valence electrons. The van der Waals surface area contributed by atoms with Gasteiger partial charge in [-0.1, -0.05) is 29.8 Å². The summed E-state index contributed by atoms with van der Waals surface area (Å²) in [5, 5.41) is 0.584. The standard InChI is InChI=1S/C16H12ClNO3/c17-12-4-2-1-3-10(12)5-6-14(19)11-7-15-16(8-13(11)18)21-9-20-15/h1-8H,9,18H2. The highest BCUT2D eigenvalue weighted by Crippen LogP contribution is 2.36. The zero-order valence-corrected chi connectivity index (χ0v) is 11.8. The van der Waals surface area contributed by atoms with Crippen molar-refractivity contribution in [2.45, 2.75) is 0 Å². The van der Waals surface area contributed by atoms with E-state index in [0.29, 0.717) is 27.8 Å². The number of ketones is 1. The minimum Gasteiger partial charge on any atom is -0.454 e. The molecule has 2 aromatic rings. The van der Waals surface area contributed by atoms with Crippen LogP contribution in [0.15, 0.2) is 42.5 Å². The molecule has 0 radical (unpaired) electrons. The van der Waals surface area contributed by atoms with Gasteiger partial charge in [-0.2, -0.15) is 0 Å². The summed E-state index contributed by atoms with van der Waals surface area (Å²) in [6.07, 6.45) is 3.10. The predicted octanol–water partition coefficient (Wildman–Crippen LogP) is 3.55. The van der Waals surface area contributed by atoms with Crippen molar-refractivity contribution in [3.05, 3.63) is 58.6 Å². The van der Waals surface area contributed by atoms with Crippen LogP contribution in [0.3, 0.4) is 0 Å². The van der Waals surface area contributed by atoms with E-state index < -0.39 is 0 Å². The van der Waals surface area contributed by atoms with Crippen LogP contribution in [0.4, 0.5) is 5.69 Å². The molecule has 0 aliphatic carbocycles. The van der Waals surface area contributed by atoms with Crippen molar-refractivity contribution in [3.63, 3.8) is 0 Å². The molecule has 0 aromatic heterocycles. The Morgan fingerprint density at radius 1 is 1.19 bits per heavy atom. The van der Waals surface area contributed by atoms with Crippen LogP contribution >= 0.6 is 11.6 Å². The molecule has 0 spiro atoms. The average molecular weight is 302 g/mol. The number of halogens is 1. The number of allylic oxidation sites excluding steroid dienone is 1. The van der Waals surface area contributed by atoms with Gasteiger partial charge in [-0.3, -0.25) is 4.79 Å². The summed E-state index contributed by atoms with van der Waals surface area (Å²) in [7, 11) is 0. The van der Waals surface area contributed by atoms with Crippen LogP contribution in [-0.4, -0.2) is 12.6 Å². The molecule has 3 rings (SSSR count). The summed E-state index contributed by atoms with van der Waals surface area (Å²) in [6.45, 7) is 0.141. The third-order valence-corrected chi connectivity index (χ3v) is 3.47. The van der Waals surface area contributed by atoms with E-state index in [1.807, 2.05) is 18.2 Å². The fourth-order valence-electron chi connectivity index (χ4n) is 2.04. The number of rotatable bonds is 3. The predicted molar refractivity (Wildman–Crippen MR) is 81.8 cm³/mol. The van der Waals surface area contributed by atoms with E-state index >= 15 is 0 Å². The first-order chi connectivity index (χ1) is 10.1. The van der Waals surface area contributed by atoms with Crippen molar-refractivity contribution < 1.29 is 14.3 Å². The second-order valence-electron chi connectivity index (χ2n) is 4.51. The van der Waals surface area contributed by atoms with Gasteiger partial charge in [0.1, 0.15) is 0 Å². The molecule has 4 nitrogen and oxygen atoms in total. The number of nitrogens with two attached hydrogens (primary N) is 1. The maximum atomic E-state index is 12.2. The molecule has 21 heavy (non-hydrogen) atoms. The summed E-state index contributed by atoms with van der Waals surface area (Å²) in [5.41, 5.74) is 7.38. The number of hydrogen-bond acceptors (Lipinski definition) is 4. The summed E-state index contributed by atoms with van der Waals surface area (Å²) in [6, 6.07) is 10.5. The van der Waals surface area contributed by atoms with E-state index in [0.717, 1.165) is 5.56 Å². The number of hydrogen-bond donors (Lipinski definition) is 1. The monoisotopic (exact) mass is 301 g/mol. The molecule has 0 atom stereocenters. The average Bonchev–Trinajstić information content (AvgIpc) is 2.92. The number of carbonyl (C=O) groups excluding carboxylic acids is 1. The van der Waals surface area contributed by atoms with Crippen LogP contribution in [0, 0.1) is 0 Å². The van der Waals surface area contributed by atoms with Gasteiger partial charge in [0.25, 0.3) is 0 Å². The summed E-state index contributed by atoms with van der Waals surface area (Å²) in [5.74, 6) is 0.864. The first-order valence-corrected chi connectivity index (χ1v) is 6.69. The number of benzene rings is 2. The second-order valence-corrected chi connectivity index (χ2v) is 4.92. The Morgan fingerprint density at radius 2 is 1.90 bits per heavy atom. The summed E-state index contributed by atoms with van der Waals surface area (Å²) in [4.78, 5) is 12.2. The molecule has 0 bridgehead atoms. The molecule has 0 unspecified atom stereocenters. The lowest BCUT2D eigenvalue weighted by atomic mass is 10.1. The zero-order chi connectivity index (χ0) is 14.8. The lowest BCUT2D eigenvalue weighted by Crippen LogP contribution is -2.00. The Balaban J connectivity index is 1.88. The molecular formula is C16H12ClNO3. The molecule has 5 heteroatoms. The maximum absolute atomic E-state index is 12.2. The summed E-state index contributed by atoms with van der Waals surface area (Å²) < 4.78 is 10.5. The van der Waals surface area contributed by atoms with Crippen molar-refractivity contribution in [1.29, 1.82) is 0 Å². The second kappa shape index (κ2) is 5.50. The molecule has 1 heterocycles. The fraction of sp³-hybridized carbons (Fsp3) is 0.0625. The Hall–Kier alpha value is -2.46. The first-order valence-electron chi connectivity index (χ1n) is 6.31. The van der Waals surface area contributed by atoms with Crippen LogP contribution < -0.4 is 15.2 Å². The van der Waals surface area contributed by atoms with Gasteiger partial charge in [-0.05, 0) is 29.8 Å². The topological polar surface area (TPSA) is 61.6 Å². The molecule has 1 aliphatic heterocycles. The first kappa shape index (κ1) is 13.5. The highest BCUT2D eigenvalue weighted by Gasteiger charge is 2.18. The highest BCUT2D eigenvalue weighted by molar-refractivity contribution is 6.32. The van der Waals surface area contributed by atoms with E-state index in [1.165, 1.54) is 6.08 Å². The molecule has 0 saturated heterocycles. The van der Waals surface area contributed by atoms with Crippen LogP contribution in [0.5, 0.6) is 11.5 Å². The lowest BCUT2D eigenvalue weighted by Gasteiger charge is -2.04. The Labute approximate surface area is 126 Å². The van der Waals surface area contributed by atoms with Gasteiger partial charge < -0.3 is 15.2 Å². The minimum absolute atomic E-state index is 0.141. The van der Waals surface area contributed by atoms with E-state index in [1.54, 1.807) is 24.3 Å². The van der Waals surface area contributed by atoms with Crippen LogP contribution in [-0.2, 0) is 0 Å². The van der Waals surface area contributed by atoms with Crippen molar-refractivity contribution in [2.24, 2.45) is 0 Å². The lowest BCUT2D eigenvalue weighted by molar-refractivity contribution is 0.104. The fourth-order valence-corrected chi connectivity index (χ4v) is 2.24. The smallest absolute Gasteiger partial charge is 0.231 e. The largest absolute Gasteiger partial charge is 0.454 e. The van der Waals surface area contributed by atoms with Gasteiger partial charge in [0, 0.05) is 22.3 Å². The number of nitrogen functional groups attached to an aromatic ring is 1. The van der Waals surface area contributed by atoms with Gasteiger partial charge in [0.15, 0.2) is 17.3 Å². The van der Waals surface area contributed by atoms with Crippen molar-refractivity contribution in [2.75, 3.05) is 12.5 Å². The Bertz CT molecular complexity index is 740. The number of ether oxygens (including phenoxy) is 2. The zero-order valence-electron chi connectivity index (χ0n) is 11.0. The number of carbonyl (C=O) groups is 1. The third-order valence-electron chi connectivity index (χ3n) is 3.13. The van der Waals surface area contributed by atoms with Crippen molar-refractivity contribution >= 4 is 29.1 Å². The quantitative estimate of drug-likeness (QED) is 0.535. The Morgan fingerprint density at radius 3 is 2.67 bits per heavy atom. The summed E-state index contributed by atoms with van der Waals surface area (Å²) >= 11 is 6.04. The van der Waals surface area contributed by atoms with Gasteiger partial charge in [0.2, 0.25) is 6.79 Å². The molecule has 1 aliphatic rings. The minimum atomic E-state index is -0.217. The van der Waals surface area contributed by atoms with Gasteiger partial charge in [-0.15, -0.1) is 0 Å². The molecule has 2 aromatic carbocycles. The van der Waals surface area contributed by atoms with E-state index in [2.05, 4.69) is 0 Å². The van der Waals surface area contributed by atoms with Gasteiger partial charge in [-0.25, -0.2) is 0 Å². The van der Waals surface area contributed by atoms with Crippen LogP contribution in [0.2, 0.25) is 5.02 Å². The van der Waals surface area contributed by atoms with Gasteiger partial charge in [0.05, 0.1) is 0 Å². The van der Waals surface area contributed by atoms with E-state index in [4.69, 9.17) is 26.8 Å². The van der Waals surface area contributed by atoms with Crippen molar-refractivity contribution in [3.8, 4) is 11.5 Å². The van der Waals surface area contributed by atoms with E-state index in [9.17, 15) is 4.79 Å². The SMILES string of the molecule is Nc1cc2c(cc1C(=O)C=Cc1ccccc1Cl)OCO2. The van der Waals surface area contributed by atoms with Gasteiger partial charge >= 0.3 is 0 Å². The molecule has 0 fully saturated rings. The highest BCUT2D eigenvalue weighted by atomic mass is 35.5. The maximum Gasteiger partial charge on any atom is 0.231 e. The Kier molecular flexibility index (Phi) is 3.54. The molecule has 0 saturated carbocycles.